The molecule has 0 aromatic carbocycles. The third kappa shape index (κ3) is 7.64. The Morgan fingerprint density at radius 1 is 1.19 bits per heavy atom. The summed E-state index contributed by atoms with van der Waals surface area (Å²) in [4.78, 5) is 29.8. The van der Waals surface area contributed by atoms with Crippen LogP contribution in [0, 0.1) is 24.7 Å². The smallest absolute Gasteiger partial charge is 0.309 e. The average molecular weight is 464 g/mol. The Morgan fingerprint density at radius 3 is 2.56 bits per heavy atom. The molecule has 1 aromatic heterocycles. The number of hydrogen-bond acceptors (Lipinski definition) is 7. The molecule has 0 bridgehead atoms. The lowest BCUT2D eigenvalue weighted by molar-refractivity contribution is -0.151. The summed E-state index contributed by atoms with van der Waals surface area (Å²) in [6, 6.07) is 0. The first-order valence-corrected chi connectivity index (χ1v) is 12.3. The van der Waals surface area contributed by atoms with E-state index in [-0.39, 0.29) is 18.1 Å². The molecule has 6 nitrogen and oxygen atoms in total. The van der Waals surface area contributed by atoms with Gasteiger partial charge in [0, 0.05) is 23.6 Å². The number of allylic oxidation sites excluding steroid dienone is 1. The van der Waals surface area contributed by atoms with Gasteiger partial charge in [-0.15, -0.1) is 11.3 Å². The highest BCUT2D eigenvalue weighted by Crippen LogP contribution is 2.25. The second-order valence-electron chi connectivity index (χ2n) is 9.02. The van der Waals surface area contributed by atoms with Crippen molar-refractivity contribution in [3.63, 3.8) is 0 Å². The van der Waals surface area contributed by atoms with Crippen LogP contribution in [0.5, 0.6) is 0 Å². The fourth-order valence-corrected chi connectivity index (χ4v) is 4.56. The van der Waals surface area contributed by atoms with Gasteiger partial charge in [-0.1, -0.05) is 32.9 Å². The fourth-order valence-electron chi connectivity index (χ4n) is 3.99. The Bertz CT molecular complexity index is 830. The summed E-state index contributed by atoms with van der Waals surface area (Å²) in [7, 11) is 0. The van der Waals surface area contributed by atoms with Crippen LogP contribution in [0.4, 0.5) is 0 Å². The molecular weight excluding hydrogens is 426 g/mol. The summed E-state index contributed by atoms with van der Waals surface area (Å²) in [6.45, 7) is 9.10. The highest BCUT2D eigenvalue weighted by atomic mass is 32.1. The minimum absolute atomic E-state index is 0.0240. The number of thiazole rings is 1. The van der Waals surface area contributed by atoms with Crippen LogP contribution >= 0.6 is 11.3 Å². The number of ketones is 1. The number of carbonyl (C=O) groups is 2. The molecular formula is C25H37NO5S. The zero-order chi connectivity index (χ0) is 23.8. The molecule has 0 radical (unpaired) electrons. The van der Waals surface area contributed by atoms with Crippen LogP contribution in [0.3, 0.4) is 0 Å². The first kappa shape index (κ1) is 26.4. The van der Waals surface area contributed by atoms with E-state index < -0.39 is 36.1 Å². The van der Waals surface area contributed by atoms with E-state index in [0.717, 1.165) is 35.5 Å². The lowest BCUT2D eigenvalue weighted by Gasteiger charge is -2.28. The SMILES string of the molecule is C/C(=C\c1csc(C)n1)[C@@H]1C/C=C\CCC[C@H](C)C(O)[C@@H](C)C(=O)[C@@H](C)[C@@H](O)CC(=O)O1. The molecule has 32 heavy (non-hydrogen) atoms. The molecule has 178 valence electrons. The van der Waals surface area contributed by atoms with Gasteiger partial charge in [-0.3, -0.25) is 9.59 Å². The highest BCUT2D eigenvalue weighted by molar-refractivity contribution is 7.09. The Labute approximate surface area is 195 Å². The van der Waals surface area contributed by atoms with Crippen LogP contribution in [0.2, 0.25) is 0 Å². The molecule has 1 unspecified atom stereocenters. The predicted molar refractivity (Wildman–Crippen MR) is 127 cm³/mol. The number of carbonyl (C=O) groups excluding carboxylic acids is 2. The first-order chi connectivity index (χ1) is 15.1. The predicted octanol–water partition coefficient (Wildman–Crippen LogP) is 4.49. The normalized spacial score (nSPS) is 33.0. The molecule has 6 atom stereocenters. The van der Waals surface area contributed by atoms with Crippen molar-refractivity contribution in [2.24, 2.45) is 17.8 Å². The van der Waals surface area contributed by atoms with Crippen molar-refractivity contribution in [3.05, 3.63) is 33.8 Å². The number of cyclic esters (lactones) is 1. The van der Waals surface area contributed by atoms with Crippen LogP contribution in [-0.4, -0.2) is 45.3 Å². The zero-order valence-corrected chi connectivity index (χ0v) is 20.6. The van der Waals surface area contributed by atoms with Crippen molar-refractivity contribution in [2.75, 3.05) is 0 Å². The van der Waals surface area contributed by atoms with Gasteiger partial charge in [-0.25, -0.2) is 4.98 Å². The van der Waals surface area contributed by atoms with E-state index in [1.807, 2.05) is 38.3 Å². The summed E-state index contributed by atoms with van der Waals surface area (Å²) in [5.74, 6) is -2.17. The Balaban J connectivity index is 2.21. The minimum atomic E-state index is -1.16. The van der Waals surface area contributed by atoms with Gasteiger partial charge in [0.2, 0.25) is 0 Å². The number of ether oxygens (including phenoxy) is 1. The maximum atomic E-state index is 12.8. The number of esters is 1. The van der Waals surface area contributed by atoms with Gasteiger partial charge in [0.1, 0.15) is 11.9 Å². The average Bonchev–Trinajstić information content (AvgIpc) is 3.16. The third-order valence-corrected chi connectivity index (χ3v) is 7.08. The van der Waals surface area contributed by atoms with Gasteiger partial charge < -0.3 is 14.9 Å². The summed E-state index contributed by atoms with van der Waals surface area (Å²) in [5.41, 5.74) is 1.70. The monoisotopic (exact) mass is 463 g/mol. The second-order valence-corrected chi connectivity index (χ2v) is 10.1. The van der Waals surface area contributed by atoms with Crippen LogP contribution < -0.4 is 0 Å². The number of aryl methyl sites for hydroxylation is 1. The van der Waals surface area contributed by atoms with Crippen LogP contribution in [0.15, 0.2) is 23.1 Å². The largest absolute Gasteiger partial charge is 0.457 e. The molecule has 1 aromatic rings. The van der Waals surface area contributed by atoms with E-state index in [2.05, 4.69) is 11.1 Å². The van der Waals surface area contributed by atoms with Crippen molar-refractivity contribution >= 4 is 29.2 Å². The first-order valence-electron chi connectivity index (χ1n) is 11.4. The van der Waals surface area contributed by atoms with Gasteiger partial charge in [0.25, 0.3) is 0 Å². The van der Waals surface area contributed by atoms with Gasteiger partial charge in [0.15, 0.2) is 0 Å². The molecule has 2 heterocycles. The number of nitrogens with zero attached hydrogens (tertiary/aromatic N) is 1. The Kier molecular flexibility index (Phi) is 10.3. The number of Topliss-reactive ketones (excluding diaryl/α,β-unsaturated/α-hetero) is 1. The molecule has 0 spiro atoms. The summed E-state index contributed by atoms with van der Waals surface area (Å²) in [6.07, 6.45) is 6.41. The van der Waals surface area contributed by atoms with Crippen LogP contribution in [-0.2, 0) is 14.3 Å². The van der Waals surface area contributed by atoms with Crippen LogP contribution in [0.1, 0.15) is 70.5 Å². The van der Waals surface area contributed by atoms with Crippen LogP contribution in [0.25, 0.3) is 6.08 Å². The fraction of sp³-hybridized carbons (Fsp3) is 0.640. The number of hydrogen-bond donors (Lipinski definition) is 2. The lowest BCUT2D eigenvalue weighted by Crippen LogP contribution is -2.39. The summed E-state index contributed by atoms with van der Waals surface area (Å²) >= 11 is 1.56. The van der Waals surface area contributed by atoms with Gasteiger partial charge in [-0.2, -0.15) is 0 Å². The Morgan fingerprint density at radius 2 is 1.91 bits per heavy atom. The van der Waals surface area contributed by atoms with E-state index in [9.17, 15) is 19.8 Å². The molecule has 2 rings (SSSR count). The molecule has 1 aliphatic heterocycles. The molecule has 7 heteroatoms. The van der Waals surface area contributed by atoms with Gasteiger partial charge >= 0.3 is 5.97 Å². The summed E-state index contributed by atoms with van der Waals surface area (Å²) < 4.78 is 5.71. The highest BCUT2D eigenvalue weighted by Gasteiger charge is 2.34. The van der Waals surface area contributed by atoms with Crippen molar-refractivity contribution in [3.8, 4) is 0 Å². The molecule has 1 aliphatic rings. The molecule has 0 saturated carbocycles. The molecule has 0 saturated heterocycles. The van der Waals surface area contributed by atoms with E-state index in [0.29, 0.717) is 6.42 Å². The quantitative estimate of drug-likeness (QED) is 0.496. The number of aromatic nitrogens is 1. The van der Waals surface area contributed by atoms with Crippen molar-refractivity contribution in [1.29, 1.82) is 0 Å². The molecule has 0 fully saturated rings. The maximum absolute atomic E-state index is 12.8. The van der Waals surface area contributed by atoms with E-state index >= 15 is 0 Å². The number of rotatable bonds is 2. The van der Waals surface area contributed by atoms with E-state index in [1.54, 1.807) is 25.2 Å². The minimum Gasteiger partial charge on any atom is -0.457 e. The summed E-state index contributed by atoms with van der Waals surface area (Å²) in [5, 5.41) is 24.0. The number of aliphatic hydroxyl groups excluding tert-OH is 2. The third-order valence-electron chi connectivity index (χ3n) is 6.29. The second kappa shape index (κ2) is 12.4. The topological polar surface area (TPSA) is 96.7 Å². The van der Waals surface area contributed by atoms with Gasteiger partial charge in [0.05, 0.1) is 29.3 Å². The maximum Gasteiger partial charge on any atom is 0.309 e. The lowest BCUT2D eigenvalue weighted by atomic mass is 9.81. The standard InChI is InChI=1S/C25H37NO5S/c1-15-10-8-6-7-9-11-22(16(2)12-20-14-32-19(5)26-20)31-23(28)13-21(27)17(3)25(30)18(4)24(15)29/h7,9,12,14-15,17-18,21-22,24,27,29H,6,8,10-11,13H2,1-5H3/b9-7-,16-12+/t15-,17-,18+,21-,22-,24?/m0/s1. The molecule has 2 N–H and O–H groups in total. The van der Waals surface area contributed by atoms with Gasteiger partial charge in [-0.05, 0) is 50.7 Å². The van der Waals surface area contributed by atoms with Crippen molar-refractivity contribution < 1.29 is 24.5 Å². The molecule has 0 amide bonds. The molecule has 0 aliphatic carbocycles. The Hall–Kier alpha value is -1.83. The van der Waals surface area contributed by atoms with E-state index in [4.69, 9.17) is 4.74 Å². The number of aliphatic hydroxyl groups is 2. The van der Waals surface area contributed by atoms with E-state index in [1.165, 1.54) is 0 Å². The van der Waals surface area contributed by atoms with Crippen molar-refractivity contribution in [2.45, 2.75) is 85.0 Å². The zero-order valence-electron chi connectivity index (χ0n) is 19.8. The van der Waals surface area contributed by atoms with Crippen molar-refractivity contribution in [1.82, 2.24) is 4.98 Å².